The van der Waals surface area contributed by atoms with Crippen LogP contribution in [0.1, 0.15) is 58.9 Å². The lowest BCUT2D eigenvalue weighted by Gasteiger charge is -2.17. The second kappa shape index (κ2) is 7.79. The summed E-state index contributed by atoms with van der Waals surface area (Å²) in [6.45, 7) is 9.24. The number of ketones is 1. The number of rotatable bonds is 6. The van der Waals surface area contributed by atoms with Crippen LogP contribution in [-0.4, -0.2) is 15.3 Å². The number of carbonyl (C=O) groups is 1. The van der Waals surface area contributed by atoms with Crippen molar-refractivity contribution < 1.29 is 4.79 Å². The smallest absolute Gasteiger partial charge is 0.290 e. The Morgan fingerprint density at radius 2 is 2.04 bits per heavy atom. The molecule has 6 nitrogen and oxygen atoms in total. The van der Waals surface area contributed by atoms with Crippen molar-refractivity contribution in [1.82, 2.24) is 9.55 Å². The summed E-state index contributed by atoms with van der Waals surface area (Å²) in [5, 5.41) is 9.16. The average molecular weight is 351 g/mol. The molecule has 0 bridgehead atoms. The van der Waals surface area contributed by atoms with Crippen molar-refractivity contribution in [2.45, 2.75) is 39.7 Å². The topological polar surface area (TPSA) is 95.7 Å². The Kier molecular flexibility index (Phi) is 5.73. The molecule has 0 saturated heterocycles. The van der Waals surface area contributed by atoms with E-state index in [4.69, 9.17) is 5.26 Å². The molecule has 1 N–H and O–H groups in total. The molecule has 2 aromatic rings. The van der Waals surface area contributed by atoms with Crippen molar-refractivity contribution in [3.63, 3.8) is 0 Å². The third-order valence-corrected chi connectivity index (χ3v) is 4.05. The van der Waals surface area contributed by atoms with Crippen LogP contribution in [0.2, 0.25) is 0 Å². The molecule has 1 heterocycles. The van der Waals surface area contributed by atoms with Gasteiger partial charge in [0.2, 0.25) is 5.78 Å². The summed E-state index contributed by atoms with van der Waals surface area (Å²) in [6, 6.07) is 6.82. The monoisotopic (exact) mass is 351 g/mol. The molecule has 0 aliphatic rings. The highest BCUT2D eigenvalue weighted by Gasteiger charge is 2.24. The predicted octanol–water partition coefficient (Wildman–Crippen LogP) is 2.65. The minimum absolute atomic E-state index is 0.0742. The number of nitrogens with zero attached hydrogens (tertiary/aromatic N) is 2. The van der Waals surface area contributed by atoms with Gasteiger partial charge >= 0.3 is 5.69 Å². The highest BCUT2D eigenvalue weighted by Crippen LogP contribution is 2.20. The second-order valence-electron chi connectivity index (χ2n) is 6.43. The maximum Gasteiger partial charge on any atom is 0.328 e. The summed E-state index contributed by atoms with van der Waals surface area (Å²) >= 11 is 0. The molecule has 0 atom stereocenters. The first-order valence-corrected chi connectivity index (χ1v) is 8.34. The number of aromatic amines is 1. The molecule has 134 valence electrons. The third-order valence-electron chi connectivity index (χ3n) is 4.05. The molecule has 0 saturated carbocycles. The van der Waals surface area contributed by atoms with Gasteiger partial charge in [-0.1, -0.05) is 19.9 Å². The first-order chi connectivity index (χ1) is 12.3. The summed E-state index contributed by atoms with van der Waals surface area (Å²) < 4.78 is 1.29. The second-order valence-corrected chi connectivity index (χ2v) is 6.43. The largest absolute Gasteiger partial charge is 0.328 e. The Balaban J connectivity index is 2.81. The zero-order valence-corrected chi connectivity index (χ0v) is 15.1. The third kappa shape index (κ3) is 3.72. The minimum Gasteiger partial charge on any atom is -0.290 e. The molecule has 0 unspecified atom stereocenters. The van der Waals surface area contributed by atoms with E-state index < -0.39 is 17.0 Å². The Hall–Kier alpha value is -3.20. The molecular weight excluding hydrogens is 330 g/mol. The van der Waals surface area contributed by atoms with Gasteiger partial charge in [-0.2, -0.15) is 5.26 Å². The van der Waals surface area contributed by atoms with Gasteiger partial charge in [-0.05, 0) is 43.0 Å². The first-order valence-electron chi connectivity index (χ1n) is 8.34. The summed E-state index contributed by atoms with van der Waals surface area (Å²) in [5.41, 5.74) is 0.534. The number of benzene rings is 1. The predicted molar refractivity (Wildman–Crippen MR) is 99.6 cm³/mol. The van der Waals surface area contributed by atoms with Crippen LogP contribution in [0, 0.1) is 18.3 Å². The molecule has 0 amide bonds. The number of H-pyrrole nitrogens is 1. The summed E-state index contributed by atoms with van der Waals surface area (Å²) in [4.78, 5) is 40.2. The quantitative estimate of drug-likeness (QED) is 0.639. The Morgan fingerprint density at radius 3 is 2.62 bits per heavy atom. The highest BCUT2D eigenvalue weighted by molar-refractivity contribution is 6.09. The number of aromatic nitrogens is 2. The first kappa shape index (κ1) is 19.1. The van der Waals surface area contributed by atoms with E-state index >= 15 is 0 Å². The van der Waals surface area contributed by atoms with Gasteiger partial charge < -0.3 is 0 Å². The highest BCUT2D eigenvalue weighted by atomic mass is 16.2. The van der Waals surface area contributed by atoms with Gasteiger partial charge in [0.15, 0.2) is 0 Å². The Bertz CT molecular complexity index is 1020. The zero-order chi connectivity index (χ0) is 19.4. The maximum atomic E-state index is 13.2. The molecule has 1 aromatic carbocycles. The fourth-order valence-electron chi connectivity index (χ4n) is 2.92. The lowest BCUT2D eigenvalue weighted by Crippen LogP contribution is -2.38. The lowest BCUT2D eigenvalue weighted by atomic mass is 9.95. The molecule has 0 fully saturated rings. The van der Waals surface area contributed by atoms with Gasteiger partial charge in [0.25, 0.3) is 5.56 Å². The van der Waals surface area contributed by atoms with Crippen LogP contribution < -0.4 is 11.2 Å². The molecule has 1 aromatic heterocycles. The lowest BCUT2D eigenvalue weighted by molar-refractivity contribution is 0.102. The molecule has 0 radical (unpaired) electrons. The van der Waals surface area contributed by atoms with Crippen molar-refractivity contribution in [3.05, 3.63) is 79.6 Å². The number of hydrogen-bond donors (Lipinski definition) is 1. The Morgan fingerprint density at radius 1 is 1.35 bits per heavy atom. The Labute approximate surface area is 151 Å². The van der Waals surface area contributed by atoms with Crippen LogP contribution in [0.5, 0.6) is 0 Å². The molecule has 0 aliphatic heterocycles. The van der Waals surface area contributed by atoms with Gasteiger partial charge in [0.05, 0.1) is 11.6 Å². The molecule has 26 heavy (non-hydrogen) atoms. The SMILES string of the molecule is C=CCCn1c(C(=O)c2cc(C)cc(C#N)c2)c(C(C)C)c(=O)[nH]c1=O. The summed E-state index contributed by atoms with van der Waals surface area (Å²) in [5.74, 6) is -0.699. The van der Waals surface area contributed by atoms with Crippen LogP contribution in [0.15, 0.2) is 40.4 Å². The molecular formula is C20H21N3O3. The molecule has 0 spiro atoms. The number of hydrogen-bond acceptors (Lipinski definition) is 4. The van der Waals surface area contributed by atoms with Gasteiger partial charge in [-0.25, -0.2) is 4.79 Å². The average Bonchev–Trinajstić information content (AvgIpc) is 2.58. The standard InChI is InChI=1S/C20H21N3O3/c1-5-6-7-23-17(16(12(2)3)19(25)22-20(23)26)18(24)15-9-13(4)8-14(10-15)11-21/h5,8-10,12H,1,6-7H2,2-4H3,(H,22,25,26). The van der Waals surface area contributed by atoms with Gasteiger partial charge in [-0.3, -0.25) is 19.1 Å². The van der Waals surface area contributed by atoms with Crippen molar-refractivity contribution in [2.75, 3.05) is 0 Å². The van der Waals surface area contributed by atoms with E-state index in [1.54, 1.807) is 39.0 Å². The molecule has 0 aliphatic carbocycles. The van der Waals surface area contributed by atoms with Gasteiger partial charge in [-0.15, -0.1) is 6.58 Å². The van der Waals surface area contributed by atoms with E-state index in [2.05, 4.69) is 11.6 Å². The van der Waals surface area contributed by atoms with E-state index in [9.17, 15) is 14.4 Å². The van der Waals surface area contributed by atoms with E-state index in [1.165, 1.54) is 10.6 Å². The van der Waals surface area contributed by atoms with E-state index in [0.29, 0.717) is 12.0 Å². The summed E-state index contributed by atoms with van der Waals surface area (Å²) in [6.07, 6.45) is 2.11. The van der Waals surface area contributed by atoms with Crippen LogP contribution >= 0.6 is 0 Å². The number of nitriles is 1. The van der Waals surface area contributed by atoms with E-state index in [1.807, 2.05) is 6.07 Å². The van der Waals surface area contributed by atoms with Crippen LogP contribution in [-0.2, 0) is 6.54 Å². The molecule has 2 rings (SSSR count). The van der Waals surface area contributed by atoms with Gasteiger partial charge in [0.1, 0.15) is 5.69 Å². The zero-order valence-electron chi connectivity index (χ0n) is 15.1. The molecule has 6 heteroatoms. The fraction of sp³-hybridized carbons (Fsp3) is 0.300. The minimum atomic E-state index is -0.627. The number of nitrogens with one attached hydrogen (secondary N) is 1. The van der Waals surface area contributed by atoms with Crippen molar-refractivity contribution in [1.29, 1.82) is 5.26 Å². The van der Waals surface area contributed by atoms with E-state index in [-0.39, 0.29) is 29.3 Å². The summed E-state index contributed by atoms with van der Waals surface area (Å²) in [7, 11) is 0. The van der Waals surface area contributed by atoms with Crippen molar-refractivity contribution in [2.24, 2.45) is 0 Å². The normalized spacial score (nSPS) is 10.6. The van der Waals surface area contributed by atoms with E-state index in [0.717, 1.165) is 5.56 Å². The number of aryl methyl sites for hydroxylation is 1. The van der Waals surface area contributed by atoms with Gasteiger partial charge in [0, 0.05) is 17.7 Å². The maximum absolute atomic E-state index is 13.2. The van der Waals surface area contributed by atoms with Crippen molar-refractivity contribution in [3.8, 4) is 6.07 Å². The number of allylic oxidation sites excluding steroid dienone is 1. The van der Waals surface area contributed by atoms with Crippen LogP contribution in [0.25, 0.3) is 0 Å². The van der Waals surface area contributed by atoms with Crippen LogP contribution in [0.3, 0.4) is 0 Å². The van der Waals surface area contributed by atoms with Crippen LogP contribution in [0.4, 0.5) is 0 Å². The fourth-order valence-corrected chi connectivity index (χ4v) is 2.92. The number of carbonyl (C=O) groups excluding carboxylic acids is 1. The van der Waals surface area contributed by atoms with Crippen molar-refractivity contribution >= 4 is 5.78 Å².